The summed E-state index contributed by atoms with van der Waals surface area (Å²) in [5.41, 5.74) is 4.53. The molecule has 0 amide bonds. The predicted octanol–water partition coefficient (Wildman–Crippen LogP) is 4.35. The molecule has 108 valence electrons. The van der Waals surface area contributed by atoms with Crippen LogP contribution in [0.5, 0.6) is 5.75 Å². The molecule has 0 aliphatic heterocycles. The maximum absolute atomic E-state index is 5.83. The number of imidazole rings is 1. The van der Waals surface area contributed by atoms with Crippen molar-refractivity contribution >= 4 is 22.8 Å². The number of benzene rings is 2. The van der Waals surface area contributed by atoms with Gasteiger partial charge in [-0.15, -0.1) is 0 Å². The fourth-order valence-electron chi connectivity index (χ4n) is 2.25. The first-order valence-electron chi connectivity index (χ1n) is 7.00. The van der Waals surface area contributed by atoms with E-state index < -0.39 is 0 Å². The van der Waals surface area contributed by atoms with Gasteiger partial charge in [-0.1, -0.05) is 41.6 Å². The van der Waals surface area contributed by atoms with Crippen LogP contribution in [0.2, 0.25) is 0 Å². The van der Waals surface area contributed by atoms with E-state index in [0.717, 1.165) is 27.7 Å². The molecule has 1 heterocycles. The molecule has 21 heavy (non-hydrogen) atoms. The van der Waals surface area contributed by atoms with Crippen molar-refractivity contribution in [2.45, 2.75) is 19.0 Å². The van der Waals surface area contributed by atoms with Crippen LogP contribution in [0.4, 0.5) is 0 Å². The lowest BCUT2D eigenvalue weighted by Gasteiger charge is -2.08. The minimum absolute atomic E-state index is 0.672. The van der Waals surface area contributed by atoms with Crippen LogP contribution in [0.3, 0.4) is 0 Å². The summed E-state index contributed by atoms with van der Waals surface area (Å²) in [6.07, 6.45) is 0. The van der Waals surface area contributed by atoms with Crippen LogP contribution in [-0.4, -0.2) is 22.3 Å². The normalized spacial score (nSPS) is 11.0. The van der Waals surface area contributed by atoms with Crippen LogP contribution >= 0.6 is 11.8 Å². The minimum atomic E-state index is 0.672. The number of aryl methyl sites for hydroxylation is 2. The van der Waals surface area contributed by atoms with Gasteiger partial charge in [-0.25, -0.2) is 4.98 Å². The molecule has 0 atom stereocenters. The highest BCUT2D eigenvalue weighted by Crippen LogP contribution is 2.21. The number of rotatable bonds is 5. The first-order chi connectivity index (χ1) is 10.2. The van der Waals surface area contributed by atoms with Crippen molar-refractivity contribution < 1.29 is 4.74 Å². The number of H-pyrrole nitrogens is 1. The Kier molecular flexibility index (Phi) is 4.15. The van der Waals surface area contributed by atoms with Crippen LogP contribution in [0.15, 0.2) is 47.6 Å². The first-order valence-corrected chi connectivity index (χ1v) is 7.98. The number of ether oxygens (including phenoxy) is 1. The highest BCUT2D eigenvalue weighted by molar-refractivity contribution is 7.99. The molecule has 0 saturated heterocycles. The number of hydrogen-bond donors (Lipinski definition) is 1. The summed E-state index contributed by atoms with van der Waals surface area (Å²) >= 11 is 1.68. The molecule has 0 aliphatic rings. The Morgan fingerprint density at radius 3 is 2.81 bits per heavy atom. The van der Waals surface area contributed by atoms with Gasteiger partial charge in [0.1, 0.15) is 5.75 Å². The average molecular weight is 298 g/mol. The maximum atomic E-state index is 5.83. The van der Waals surface area contributed by atoms with E-state index in [9.17, 15) is 0 Å². The second-order valence-corrected chi connectivity index (χ2v) is 6.11. The predicted molar refractivity (Wildman–Crippen MR) is 88.2 cm³/mol. The Bertz CT molecular complexity index is 718. The molecule has 3 aromatic rings. The van der Waals surface area contributed by atoms with Gasteiger partial charge in [0.05, 0.1) is 17.6 Å². The van der Waals surface area contributed by atoms with Gasteiger partial charge in [0.2, 0.25) is 0 Å². The largest absolute Gasteiger partial charge is 0.492 e. The molecule has 0 bridgehead atoms. The summed E-state index contributed by atoms with van der Waals surface area (Å²) in [5.74, 6) is 1.83. The number of nitrogens with zero attached hydrogens (tertiary/aromatic N) is 1. The van der Waals surface area contributed by atoms with Crippen molar-refractivity contribution in [3.05, 3.63) is 53.6 Å². The van der Waals surface area contributed by atoms with Crippen molar-refractivity contribution in [3.8, 4) is 5.75 Å². The Hall–Kier alpha value is -1.94. The van der Waals surface area contributed by atoms with E-state index in [0.29, 0.717) is 6.61 Å². The molecule has 3 nitrogen and oxygen atoms in total. The van der Waals surface area contributed by atoms with Crippen LogP contribution in [0.1, 0.15) is 11.1 Å². The molecule has 1 N–H and O–H groups in total. The summed E-state index contributed by atoms with van der Waals surface area (Å²) in [7, 11) is 0. The summed E-state index contributed by atoms with van der Waals surface area (Å²) in [4.78, 5) is 7.85. The molecular formula is C17H18N2OS. The second-order valence-electron chi connectivity index (χ2n) is 5.02. The fourth-order valence-corrected chi connectivity index (χ4v) is 2.95. The van der Waals surface area contributed by atoms with Crippen molar-refractivity contribution in [2.24, 2.45) is 0 Å². The minimum Gasteiger partial charge on any atom is -0.492 e. The van der Waals surface area contributed by atoms with Gasteiger partial charge in [-0.3, -0.25) is 0 Å². The van der Waals surface area contributed by atoms with Gasteiger partial charge in [0, 0.05) is 5.75 Å². The number of fused-ring (bicyclic) bond motifs is 1. The molecule has 0 radical (unpaired) electrons. The van der Waals surface area contributed by atoms with Gasteiger partial charge in [-0.05, 0) is 37.6 Å². The number of aromatic nitrogens is 2. The van der Waals surface area contributed by atoms with Crippen molar-refractivity contribution in [1.29, 1.82) is 0 Å². The monoisotopic (exact) mass is 298 g/mol. The summed E-state index contributed by atoms with van der Waals surface area (Å²) < 4.78 is 5.83. The number of hydrogen-bond acceptors (Lipinski definition) is 3. The fraction of sp³-hybridized carbons (Fsp3) is 0.235. The number of para-hydroxylation sites is 2. The smallest absolute Gasteiger partial charge is 0.166 e. The Labute approximate surface area is 128 Å². The first kappa shape index (κ1) is 14.0. The third-order valence-electron chi connectivity index (χ3n) is 3.28. The van der Waals surface area contributed by atoms with Gasteiger partial charge in [0.25, 0.3) is 0 Å². The lowest BCUT2D eigenvalue weighted by Crippen LogP contribution is -2.01. The van der Waals surface area contributed by atoms with Gasteiger partial charge in [0.15, 0.2) is 5.16 Å². The van der Waals surface area contributed by atoms with Crippen molar-refractivity contribution in [1.82, 2.24) is 9.97 Å². The van der Waals surface area contributed by atoms with E-state index in [1.165, 1.54) is 11.1 Å². The summed E-state index contributed by atoms with van der Waals surface area (Å²) in [6.45, 7) is 4.84. The Balaban J connectivity index is 1.54. The molecule has 0 saturated carbocycles. The third-order valence-corrected chi connectivity index (χ3v) is 4.12. The van der Waals surface area contributed by atoms with E-state index in [4.69, 9.17) is 4.74 Å². The molecule has 1 aromatic heterocycles. The maximum Gasteiger partial charge on any atom is 0.166 e. The van der Waals surface area contributed by atoms with Crippen LogP contribution in [0, 0.1) is 13.8 Å². The van der Waals surface area contributed by atoms with Gasteiger partial charge in [-0.2, -0.15) is 0 Å². The highest BCUT2D eigenvalue weighted by atomic mass is 32.2. The summed E-state index contributed by atoms with van der Waals surface area (Å²) in [6, 6.07) is 14.3. The number of nitrogens with one attached hydrogen (secondary N) is 1. The molecule has 0 fully saturated rings. The molecule has 0 unspecified atom stereocenters. The Morgan fingerprint density at radius 1 is 1.14 bits per heavy atom. The van der Waals surface area contributed by atoms with E-state index in [-0.39, 0.29) is 0 Å². The van der Waals surface area contributed by atoms with Gasteiger partial charge < -0.3 is 9.72 Å². The van der Waals surface area contributed by atoms with E-state index in [1.807, 2.05) is 30.3 Å². The SMILES string of the molecule is Cc1ccc(OCCSc2nc3ccccc3[nH]2)c(C)c1. The zero-order chi connectivity index (χ0) is 14.7. The second kappa shape index (κ2) is 6.22. The van der Waals surface area contributed by atoms with Crippen LogP contribution in [0.25, 0.3) is 11.0 Å². The molecule has 4 heteroatoms. The van der Waals surface area contributed by atoms with Crippen molar-refractivity contribution in [3.63, 3.8) is 0 Å². The topological polar surface area (TPSA) is 37.9 Å². The zero-order valence-corrected chi connectivity index (χ0v) is 13.0. The van der Waals surface area contributed by atoms with Crippen LogP contribution < -0.4 is 4.74 Å². The van der Waals surface area contributed by atoms with E-state index in [1.54, 1.807) is 11.8 Å². The number of thioether (sulfide) groups is 1. The quantitative estimate of drug-likeness (QED) is 0.562. The zero-order valence-electron chi connectivity index (χ0n) is 12.2. The van der Waals surface area contributed by atoms with E-state index in [2.05, 4.69) is 35.9 Å². The molecule has 0 aliphatic carbocycles. The number of aromatic amines is 1. The lowest BCUT2D eigenvalue weighted by atomic mass is 10.1. The molecule has 2 aromatic carbocycles. The van der Waals surface area contributed by atoms with Crippen LogP contribution in [-0.2, 0) is 0 Å². The molecule has 0 spiro atoms. The third kappa shape index (κ3) is 3.39. The summed E-state index contributed by atoms with van der Waals surface area (Å²) in [5, 5.41) is 0.945. The van der Waals surface area contributed by atoms with E-state index >= 15 is 0 Å². The van der Waals surface area contributed by atoms with Gasteiger partial charge >= 0.3 is 0 Å². The average Bonchev–Trinajstić information content (AvgIpc) is 2.88. The van der Waals surface area contributed by atoms with Crippen molar-refractivity contribution in [2.75, 3.05) is 12.4 Å². The molecule has 3 rings (SSSR count). The molecular weight excluding hydrogens is 280 g/mol. The highest BCUT2D eigenvalue weighted by Gasteiger charge is 2.03. The lowest BCUT2D eigenvalue weighted by molar-refractivity contribution is 0.341. The standard InChI is InChI=1S/C17H18N2OS/c1-12-7-8-16(13(2)11-12)20-9-10-21-17-18-14-5-3-4-6-15(14)19-17/h3-8,11H,9-10H2,1-2H3,(H,18,19). The Morgan fingerprint density at radius 2 is 2.00 bits per heavy atom.